The molecule has 0 fully saturated rings. The number of nitrogens with zero attached hydrogens (tertiary/aromatic N) is 5. The second kappa shape index (κ2) is 9.40. The summed E-state index contributed by atoms with van der Waals surface area (Å²) in [5.41, 5.74) is 4.94. The zero-order chi connectivity index (χ0) is 25.4. The largest absolute Gasteiger partial charge is 0.296 e. The van der Waals surface area contributed by atoms with E-state index in [9.17, 15) is 9.59 Å². The molecule has 0 saturated heterocycles. The van der Waals surface area contributed by atoms with Crippen molar-refractivity contribution in [1.29, 1.82) is 0 Å². The van der Waals surface area contributed by atoms with Gasteiger partial charge >= 0.3 is 0 Å². The van der Waals surface area contributed by atoms with Crippen LogP contribution in [0.3, 0.4) is 0 Å². The standard InChI is InChI=1S/C29H21N5O2S/c1-19-12-14-20(15-13-19)16-24-27(35)30-29-34(31-24)28(36)25(37-29)17-22-18-33(23-10-6-3-7-11-23)32-26(22)21-8-4-2-5-9-21/h2-15,17-18H,16H2,1H3. The van der Waals surface area contributed by atoms with Crippen molar-refractivity contribution in [2.45, 2.75) is 13.3 Å². The Kier molecular flexibility index (Phi) is 5.78. The monoisotopic (exact) mass is 503 g/mol. The summed E-state index contributed by atoms with van der Waals surface area (Å²) < 4.78 is 3.45. The van der Waals surface area contributed by atoms with Gasteiger partial charge in [-0.25, -0.2) is 4.68 Å². The normalized spacial score (nSPS) is 11.9. The number of fused-ring (bicyclic) bond motifs is 1. The molecule has 0 N–H and O–H groups in total. The van der Waals surface area contributed by atoms with Gasteiger partial charge < -0.3 is 0 Å². The highest BCUT2D eigenvalue weighted by atomic mass is 32.1. The Balaban J connectivity index is 1.47. The molecule has 6 aromatic rings. The lowest BCUT2D eigenvalue weighted by molar-refractivity contribution is 0.811. The van der Waals surface area contributed by atoms with Crippen LogP contribution in [-0.4, -0.2) is 24.4 Å². The maximum absolute atomic E-state index is 13.3. The number of rotatable bonds is 5. The molecule has 0 aliphatic heterocycles. The van der Waals surface area contributed by atoms with Crippen molar-refractivity contribution in [3.05, 3.63) is 139 Å². The molecule has 6 rings (SSSR count). The molecule has 0 unspecified atom stereocenters. The van der Waals surface area contributed by atoms with E-state index in [2.05, 4.69) is 10.1 Å². The van der Waals surface area contributed by atoms with Crippen LogP contribution < -0.4 is 15.7 Å². The van der Waals surface area contributed by atoms with E-state index in [4.69, 9.17) is 5.10 Å². The van der Waals surface area contributed by atoms with E-state index in [1.54, 1.807) is 10.8 Å². The van der Waals surface area contributed by atoms with E-state index < -0.39 is 5.56 Å². The van der Waals surface area contributed by atoms with Gasteiger partial charge in [-0.15, -0.1) is 0 Å². The van der Waals surface area contributed by atoms with Crippen LogP contribution in [0.4, 0.5) is 0 Å². The van der Waals surface area contributed by atoms with Gasteiger partial charge in [-0.1, -0.05) is 89.7 Å². The number of para-hydroxylation sites is 1. The molecule has 0 bridgehead atoms. The Morgan fingerprint density at radius 1 is 0.865 bits per heavy atom. The Labute approximate surface area is 215 Å². The first-order chi connectivity index (χ1) is 18.0. The van der Waals surface area contributed by atoms with Gasteiger partial charge in [0.15, 0.2) is 0 Å². The summed E-state index contributed by atoms with van der Waals surface area (Å²) in [7, 11) is 0. The van der Waals surface area contributed by atoms with E-state index in [0.717, 1.165) is 45.0 Å². The van der Waals surface area contributed by atoms with Crippen LogP contribution in [0.1, 0.15) is 22.4 Å². The van der Waals surface area contributed by atoms with Crippen LogP contribution in [0.2, 0.25) is 0 Å². The number of aryl methyl sites for hydroxylation is 1. The molecular weight excluding hydrogens is 482 g/mol. The predicted molar refractivity (Wildman–Crippen MR) is 145 cm³/mol. The molecule has 0 aliphatic rings. The summed E-state index contributed by atoms with van der Waals surface area (Å²) in [5, 5.41) is 9.20. The fraction of sp³-hybridized carbons (Fsp3) is 0.0690. The predicted octanol–water partition coefficient (Wildman–Crippen LogP) is 3.81. The average Bonchev–Trinajstić information content (AvgIpc) is 3.48. The van der Waals surface area contributed by atoms with Crippen molar-refractivity contribution in [3.8, 4) is 16.9 Å². The summed E-state index contributed by atoms with van der Waals surface area (Å²) in [5.74, 6) is 0. The number of hydrogen-bond acceptors (Lipinski definition) is 6. The van der Waals surface area contributed by atoms with Crippen LogP contribution in [-0.2, 0) is 6.42 Å². The maximum Gasteiger partial charge on any atom is 0.296 e. The second-order valence-electron chi connectivity index (χ2n) is 8.72. The minimum atomic E-state index is -0.421. The molecule has 0 radical (unpaired) electrons. The van der Waals surface area contributed by atoms with Gasteiger partial charge in [0, 0.05) is 23.7 Å². The van der Waals surface area contributed by atoms with Crippen molar-refractivity contribution in [1.82, 2.24) is 24.4 Å². The Morgan fingerprint density at radius 2 is 1.57 bits per heavy atom. The van der Waals surface area contributed by atoms with Crippen LogP contribution in [0.25, 0.3) is 28.0 Å². The zero-order valence-electron chi connectivity index (χ0n) is 19.9. The highest BCUT2D eigenvalue weighted by Gasteiger charge is 2.14. The summed E-state index contributed by atoms with van der Waals surface area (Å²) in [6.45, 7) is 2.00. The van der Waals surface area contributed by atoms with E-state index in [0.29, 0.717) is 11.0 Å². The fourth-order valence-corrected chi connectivity index (χ4v) is 5.01. The van der Waals surface area contributed by atoms with E-state index in [-0.39, 0.29) is 16.2 Å². The first-order valence-corrected chi connectivity index (χ1v) is 12.6. The maximum atomic E-state index is 13.3. The quantitative estimate of drug-likeness (QED) is 0.357. The zero-order valence-corrected chi connectivity index (χ0v) is 20.7. The number of thiazole rings is 1. The van der Waals surface area contributed by atoms with Crippen molar-refractivity contribution in [3.63, 3.8) is 0 Å². The lowest BCUT2D eigenvalue weighted by atomic mass is 10.1. The summed E-state index contributed by atoms with van der Waals surface area (Å²) >= 11 is 1.14. The van der Waals surface area contributed by atoms with Gasteiger partial charge in [0.05, 0.1) is 15.9 Å². The van der Waals surface area contributed by atoms with Crippen LogP contribution in [0.5, 0.6) is 0 Å². The molecule has 0 spiro atoms. The lowest BCUT2D eigenvalue weighted by Gasteiger charge is -2.01. The van der Waals surface area contributed by atoms with E-state index in [1.807, 2.05) is 98.0 Å². The van der Waals surface area contributed by atoms with Crippen molar-refractivity contribution >= 4 is 22.4 Å². The Hall–Kier alpha value is -4.69. The SMILES string of the molecule is Cc1ccc(Cc2nn3c(=O)c(=Cc4cn(-c5ccccc5)nc4-c4ccccc4)sc3nc2=O)cc1. The molecule has 3 aromatic carbocycles. The average molecular weight is 504 g/mol. The minimum Gasteiger partial charge on any atom is -0.266 e. The first-order valence-electron chi connectivity index (χ1n) is 11.8. The molecule has 3 aromatic heterocycles. The molecule has 3 heterocycles. The van der Waals surface area contributed by atoms with E-state index >= 15 is 0 Å². The van der Waals surface area contributed by atoms with Crippen LogP contribution in [0, 0.1) is 6.92 Å². The molecule has 37 heavy (non-hydrogen) atoms. The van der Waals surface area contributed by atoms with Crippen molar-refractivity contribution < 1.29 is 0 Å². The molecule has 0 saturated carbocycles. The highest BCUT2D eigenvalue weighted by Crippen LogP contribution is 2.24. The summed E-state index contributed by atoms with van der Waals surface area (Å²) in [6, 6.07) is 27.5. The molecule has 180 valence electrons. The smallest absolute Gasteiger partial charge is 0.266 e. The van der Waals surface area contributed by atoms with Crippen LogP contribution >= 0.6 is 11.3 Å². The third-order valence-electron chi connectivity index (χ3n) is 6.04. The third-order valence-corrected chi connectivity index (χ3v) is 7.00. The lowest BCUT2D eigenvalue weighted by Crippen LogP contribution is -2.28. The van der Waals surface area contributed by atoms with Gasteiger partial charge in [0.2, 0.25) is 4.96 Å². The number of hydrogen-bond donors (Lipinski definition) is 0. The minimum absolute atomic E-state index is 0.240. The van der Waals surface area contributed by atoms with Gasteiger partial charge in [-0.2, -0.15) is 19.7 Å². The second-order valence-corrected chi connectivity index (χ2v) is 9.72. The van der Waals surface area contributed by atoms with Crippen molar-refractivity contribution in [2.24, 2.45) is 0 Å². The topological polar surface area (TPSA) is 82.2 Å². The van der Waals surface area contributed by atoms with Gasteiger partial charge in [0.1, 0.15) is 5.69 Å². The van der Waals surface area contributed by atoms with Crippen LogP contribution in [0.15, 0.2) is 101 Å². The molecule has 7 nitrogen and oxygen atoms in total. The highest BCUT2D eigenvalue weighted by molar-refractivity contribution is 7.15. The first kappa shape index (κ1) is 22.8. The van der Waals surface area contributed by atoms with Gasteiger partial charge in [0.25, 0.3) is 11.1 Å². The Morgan fingerprint density at radius 3 is 2.30 bits per heavy atom. The molecule has 0 aliphatic carbocycles. The summed E-state index contributed by atoms with van der Waals surface area (Å²) in [4.78, 5) is 30.4. The fourth-order valence-electron chi connectivity index (χ4n) is 4.12. The molecular formula is C29H21N5O2S. The van der Waals surface area contributed by atoms with Crippen molar-refractivity contribution in [2.75, 3.05) is 0 Å². The summed E-state index contributed by atoms with van der Waals surface area (Å²) in [6.07, 6.45) is 4.00. The Bertz CT molecular complexity index is 1890. The number of benzene rings is 3. The van der Waals surface area contributed by atoms with Gasteiger partial charge in [-0.05, 0) is 30.7 Å². The molecule has 0 amide bonds. The van der Waals surface area contributed by atoms with Gasteiger partial charge in [-0.3, -0.25) is 9.59 Å². The molecule has 8 heteroatoms. The third kappa shape index (κ3) is 4.50. The number of aromatic nitrogens is 5. The molecule has 0 atom stereocenters. The van der Waals surface area contributed by atoms with E-state index in [1.165, 1.54) is 4.52 Å².